The van der Waals surface area contributed by atoms with Crippen LogP contribution >= 0.6 is 0 Å². The van der Waals surface area contributed by atoms with Crippen LogP contribution in [0.4, 0.5) is 0 Å². The van der Waals surface area contributed by atoms with E-state index in [4.69, 9.17) is 0 Å². The van der Waals surface area contributed by atoms with Crippen molar-refractivity contribution in [3.63, 3.8) is 0 Å². The van der Waals surface area contributed by atoms with Crippen molar-refractivity contribution in [1.82, 2.24) is 10.6 Å². The molecule has 6 heteroatoms. The predicted molar refractivity (Wildman–Crippen MR) is 73.0 cm³/mol. The third-order valence-corrected chi connectivity index (χ3v) is 2.56. The Morgan fingerprint density at radius 2 is 1.80 bits per heavy atom. The van der Waals surface area contributed by atoms with Crippen molar-refractivity contribution in [2.24, 2.45) is 0 Å². The molecule has 0 bridgehead atoms. The minimum atomic E-state index is -0.490. The Labute approximate surface area is 117 Å². The van der Waals surface area contributed by atoms with Crippen molar-refractivity contribution in [2.45, 2.75) is 12.8 Å². The van der Waals surface area contributed by atoms with E-state index in [-0.39, 0.29) is 24.8 Å². The molecule has 0 radical (unpaired) electrons. The summed E-state index contributed by atoms with van der Waals surface area (Å²) in [5.74, 6) is -0.902. The van der Waals surface area contributed by atoms with Crippen molar-refractivity contribution in [1.29, 1.82) is 0 Å². The van der Waals surface area contributed by atoms with E-state index in [1.807, 2.05) is 6.07 Å². The highest BCUT2D eigenvalue weighted by Gasteiger charge is 2.06. The smallest absolute Gasteiger partial charge is 0.325 e. The van der Waals surface area contributed by atoms with E-state index in [9.17, 15) is 14.4 Å². The molecule has 0 spiro atoms. The molecule has 0 unspecified atom stereocenters. The standard InChI is InChI=1S/C14H18N2O4/c1-20-13(18)10-16-12(17)8-5-9-15-14(19)11-6-3-2-4-7-11/h2-4,6-7H,5,8-10H2,1H3,(H,15,19)(H,16,17). The van der Waals surface area contributed by atoms with Crippen LogP contribution < -0.4 is 10.6 Å². The van der Waals surface area contributed by atoms with Gasteiger partial charge >= 0.3 is 5.97 Å². The first kappa shape index (κ1) is 15.7. The van der Waals surface area contributed by atoms with Crippen LogP contribution in [0.3, 0.4) is 0 Å². The van der Waals surface area contributed by atoms with Gasteiger partial charge in [0.15, 0.2) is 0 Å². The highest BCUT2D eigenvalue weighted by Crippen LogP contribution is 1.98. The fourth-order valence-electron chi connectivity index (χ4n) is 1.47. The summed E-state index contributed by atoms with van der Waals surface area (Å²) in [6.45, 7) is 0.269. The summed E-state index contributed by atoms with van der Waals surface area (Å²) in [6.07, 6.45) is 0.748. The molecule has 1 aromatic carbocycles. The number of hydrogen-bond acceptors (Lipinski definition) is 4. The maximum atomic E-state index is 11.7. The third kappa shape index (κ3) is 5.99. The highest BCUT2D eigenvalue weighted by atomic mass is 16.5. The number of amides is 2. The van der Waals surface area contributed by atoms with Crippen molar-refractivity contribution >= 4 is 17.8 Å². The molecule has 1 aromatic rings. The first-order chi connectivity index (χ1) is 9.63. The Hall–Kier alpha value is -2.37. The molecule has 20 heavy (non-hydrogen) atoms. The van der Waals surface area contributed by atoms with Crippen molar-refractivity contribution in [3.8, 4) is 0 Å². The van der Waals surface area contributed by atoms with Crippen molar-refractivity contribution in [2.75, 3.05) is 20.2 Å². The van der Waals surface area contributed by atoms with E-state index in [0.717, 1.165) is 0 Å². The van der Waals surface area contributed by atoms with E-state index in [1.54, 1.807) is 24.3 Å². The lowest BCUT2D eigenvalue weighted by Gasteiger charge is -2.06. The molecule has 2 N–H and O–H groups in total. The molecule has 0 atom stereocenters. The summed E-state index contributed by atoms with van der Waals surface area (Å²) >= 11 is 0. The SMILES string of the molecule is COC(=O)CNC(=O)CCCNC(=O)c1ccccc1. The molecular weight excluding hydrogens is 260 g/mol. The number of nitrogens with one attached hydrogen (secondary N) is 2. The zero-order valence-corrected chi connectivity index (χ0v) is 11.3. The monoisotopic (exact) mass is 278 g/mol. The molecule has 2 amide bonds. The lowest BCUT2D eigenvalue weighted by atomic mass is 10.2. The summed E-state index contributed by atoms with van der Waals surface area (Å²) < 4.78 is 4.40. The van der Waals surface area contributed by atoms with E-state index < -0.39 is 5.97 Å². The van der Waals surface area contributed by atoms with E-state index in [2.05, 4.69) is 15.4 Å². The molecule has 0 aromatic heterocycles. The van der Waals surface area contributed by atoms with E-state index >= 15 is 0 Å². The van der Waals surface area contributed by atoms with Crippen LogP contribution in [-0.4, -0.2) is 38.0 Å². The van der Waals surface area contributed by atoms with Gasteiger partial charge in [0.05, 0.1) is 7.11 Å². The normalized spacial score (nSPS) is 9.65. The Balaban J connectivity index is 2.14. The van der Waals surface area contributed by atoms with Gasteiger partial charge in [0.2, 0.25) is 5.91 Å². The maximum absolute atomic E-state index is 11.7. The molecule has 6 nitrogen and oxygen atoms in total. The molecule has 108 valence electrons. The molecule has 0 aliphatic rings. The Bertz CT molecular complexity index is 460. The van der Waals surface area contributed by atoms with Gasteiger partial charge in [-0.1, -0.05) is 18.2 Å². The number of rotatable bonds is 7. The molecule has 0 saturated carbocycles. The average molecular weight is 278 g/mol. The van der Waals surface area contributed by atoms with E-state index in [1.165, 1.54) is 7.11 Å². The average Bonchev–Trinajstić information content (AvgIpc) is 2.49. The number of esters is 1. The highest BCUT2D eigenvalue weighted by molar-refractivity contribution is 5.94. The molecule has 0 saturated heterocycles. The van der Waals surface area contributed by atoms with Crippen molar-refractivity contribution in [3.05, 3.63) is 35.9 Å². The van der Waals surface area contributed by atoms with Crippen LogP contribution in [0.25, 0.3) is 0 Å². The predicted octanol–water partition coefficient (Wildman–Crippen LogP) is 0.486. The van der Waals surface area contributed by atoms with Gasteiger partial charge in [-0.2, -0.15) is 0 Å². The van der Waals surface area contributed by atoms with Gasteiger partial charge in [0.25, 0.3) is 5.91 Å². The molecular formula is C14H18N2O4. The Morgan fingerprint density at radius 3 is 2.45 bits per heavy atom. The van der Waals surface area contributed by atoms with Crippen molar-refractivity contribution < 1.29 is 19.1 Å². The van der Waals surface area contributed by atoms with Gasteiger partial charge < -0.3 is 15.4 Å². The minimum absolute atomic E-state index is 0.133. The Kier molecular flexibility index (Phi) is 6.81. The summed E-state index contributed by atoms with van der Waals surface area (Å²) in [6, 6.07) is 8.85. The minimum Gasteiger partial charge on any atom is -0.468 e. The van der Waals surface area contributed by atoms with Crippen LogP contribution in [0.15, 0.2) is 30.3 Å². The first-order valence-electron chi connectivity index (χ1n) is 6.30. The quantitative estimate of drug-likeness (QED) is 0.561. The van der Waals surface area contributed by atoms with Crippen LogP contribution in [0, 0.1) is 0 Å². The van der Waals surface area contributed by atoms with Crippen LogP contribution in [-0.2, 0) is 14.3 Å². The van der Waals surface area contributed by atoms with Gasteiger partial charge in [-0.05, 0) is 18.6 Å². The van der Waals surface area contributed by atoms with Crippen LogP contribution in [0.2, 0.25) is 0 Å². The number of benzene rings is 1. The van der Waals surface area contributed by atoms with Crippen LogP contribution in [0.5, 0.6) is 0 Å². The second kappa shape index (κ2) is 8.68. The number of methoxy groups -OCH3 is 1. The lowest BCUT2D eigenvalue weighted by molar-refractivity contribution is -0.141. The second-order valence-electron chi connectivity index (χ2n) is 4.08. The molecule has 0 aliphatic heterocycles. The van der Waals surface area contributed by atoms with Crippen LogP contribution in [0.1, 0.15) is 23.2 Å². The molecule has 1 rings (SSSR count). The topological polar surface area (TPSA) is 84.5 Å². The fourth-order valence-corrected chi connectivity index (χ4v) is 1.47. The number of hydrogen-bond donors (Lipinski definition) is 2. The third-order valence-electron chi connectivity index (χ3n) is 2.56. The second-order valence-corrected chi connectivity index (χ2v) is 4.08. The zero-order valence-electron chi connectivity index (χ0n) is 11.3. The fraction of sp³-hybridized carbons (Fsp3) is 0.357. The number of carbonyl (C=O) groups excluding carboxylic acids is 3. The maximum Gasteiger partial charge on any atom is 0.325 e. The number of ether oxygens (including phenoxy) is 1. The summed E-state index contributed by atoms with van der Waals surface area (Å²) in [5.41, 5.74) is 0.586. The van der Waals surface area contributed by atoms with E-state index in [0.29, 0.717) is 18.5 Å². The van der Waals surface area contributed by atoms with Gasteiger partial charge in [0.1, 0.15) is 6.54 Å². The number of carbonyl (C=O) groups is 3. The zero-order chi connectivity index (χ0) is 14.8. The first-order valence-corrected chi connectivity index (χ1v) is 6.30. The molecule has 0 heterocycles. The summed E-state index contributed by atoms with van der Waals surface area (Å²) in [7, 11) is 1.26. The molecule has 0 fully saturated rings. The Morgan fingerprint density at radius 1 is 1.10 bits per heavy atom. The van der Waals surface area contributed by atoms with Gasteiger partial charge in [0, 0.05) is 18.5 Å². The lowest BCUT2D eigenvalue weighted by Crippen LogP contribution is -2.31. The summed E-state index contributed by atoms with van der Waals surface area (Å²) in [4.78, 5) is 33.8. The van der Waals surface area contributed by atoms with Gasteiger partial charge in [-0.25, -0.2) is 0 Å². The largest absolute Gasteiger partial charge is 0.468 e. The van der Waals surface area contributed by atoms with Gasteiger partial charge in [-0.15, -0.1) is 0 Å². The summed E-state index contributed by atoms with van der Waals surface area (Å²) in [5, 5.41) is 5.15. The van der Waals surface area contributed by atoms with Gasteiger partial charge in [-0.3, -0.25) is 14.4 Å². The molecule has 0 aliphatic carbocycles.